The van der Waals surface area contributed by atoms with E-state index in [4.69, 9.17) is 11.6 Å². The van der Waals surface area contributed by atoms with Crippen molar-refractivity contribution in [2.75, 3.05) is 6.54 Å². The first kappa shape index (κ1) is 14.0. The lowest BCUT2D eigenvalue weighted by atomic mass is 10.1. The van der Waals surface area contributed by atoms with Crippen LogP contribution in [-0.4, -0.2) is 12.5 Å². The van der Waals surface area contributed by atoms with E-state index in [0.29, 0.717) is 6.54 Å². The Hall–Kier alpha value is -1.02. The Balaban J connectivity index is 2.30. The summed E-state index contributed by atoms with van der Waals surface area (Å²) in [5, 5.41) is 3.70. The molecule has 1 unspecified atom stereocenters. The highest BCUT2D eigenvalue weighted by atomic mass is 35.5. The molecule has 0 aliphatic carbocycles. The van der Waals surface area contributed by atoms with E-state index in [1.165, 1.54) is 0 Å². The van der Waals surface area contributed by atoms with Crippen molar-refractivity contribution in [2.45, 2.75) is 33.1 Å². The number of carbonyl (C=O) groups is 1. The molecule has 94 valence electrons. The summed E-state index contributed by atoms with van der Waals surface area (Å²) in [6, 6.07) is 7.74. The summed E-state index contributed by atoms with van der Waals surface area (Å²) < 4.78 is 0. The Morgan fingerprint density at radius 3 is 2.88 bits per heavy atom. The minimum absolute atomic E-state index is 0.111. The van der Waals surface area contributed by atoms with E-state index in [1.807, 2.05) is 31.2 Å². The number of rotatable bonds is 6. The molecule has 0 saturated carbocycles. The van der Waals surface area contributed by atoms with Crippen LogP contribution in [0, 0.1) is 5.92 Å². The van der Waals surface area contributed by atoms with E-state index in [9.17, 15) is 4.79 Å². The van der Waals surface area contributed by atoms with Gasteiger partial charge in [0.15, 0.2) is 0 Å². The van der Waals surface area contributed by atoms with E-state index in [1.54, 1.807) is 0 Å². The van der Waals surface area contributed by atoms with Crippen LogP contribution in [0.2, 0.25) is 5.02 Å². The van der Waals surface area contributed by atoms with Gasteiger partial charge in [-0.1, -0.05) is 44.0 Å². The molecule has 0 aromatic heterocycles. The molecule has 1 aromatic rings. The van der Waals surface area contributed by atoms with Crippen molar-refractivity contribution in [2.24, 2.45) is 5.92 Å². The van der Waals surface area contributed by atoms with Gasteiger partial charge < -0.3 is 5.32 Å². The van der Waals surface area contributed by atoms with Gasteiger partial charge in [-0.05, 0) is 30.5 Å². The molecule has 1 atom stereocenters. The number of hydrogen-bond donors (Lipinski definition) is 1. The summed E-state index contributed by atoms with van der Waals surface area (Å²) >= 11 is 5.89. The highest BCUT2D eigenvalue weighted by Crippen LogP contribution is 2.11. The van der Waals surface area contributed by atoms with Crippen molar-refractivity contribution < 1.29 is 4.79 Å². The van der Waals surface area contributed by atoms with Gasteiger partial charge in [0.1, 0.15) is 0 Å². The fourth-order valence-corrected chi connectivity index (χ4v) is 1.97. The van der Waals surface area contributed by atoms with Crippen LogP contribution in [-0.2, 0) is 11.2 Å². The van der Waals surface area contributed by atoms with Gasteiger partial charge in [0.25, 0.3) is 0 Å². The van der Waals surface area contributed by atoms with E-state index >= 15 is 0 Å². The van der Waals surface area contributed by atoms with Crippen LogP contribution >= 0.6 is 11.6 Å². The number of hydrogen-bond acceptors (Lipinski definition) is 1. The Morgan fingerprint density at radius 2 is 2.24 bits per heavy atom. The van der Waals surface area contributed by atoms with Gasteiger partial charge in [0.2, 0.25) is 5.91 Å². The molecule has 3 heteroatoms. The molecule has 0 spiro atoms. The molecule has 1 aromatic carbocycles. The molecule has 2 nitrogen and oxygen atoms in total. The number of benzene rings is 1. The second kappa shape index (κ2) is 7.33. The summed E-state index contributed by atoms with van der Waals surface area (Å²) in [6.07, 6.45) is 2.82. The smallest absolute Gasteiger partial charge is 0.222 e. The van der Waals surface area contributed by atoms with Crippen molar-refractivity contribution in [3.8, 4) is 0 Å². The van der Waals surface area contributed by atoms with Gasteiger partial charge >= 0.3 is 0 Å². The maximum absolute atomic E-state index is 11.7. The van der Waals surface area contributed by atoms with E-state index in [2.05, 4.69) is 12.2 Å². The average Bonchev–Trinajstić information content (AvgIpc) is 2.29. The first-order valence-corrected chi connectivity index (χ1v) is 6.53. The highest BCUT2D eigenvalue weighted by molar-refractivity contribution is 6.30. The lowest BCUT2D eigenvalue weighted by molar-refractivity contribution is -0.124. The van der Waals surface area contributed by atoms with Crippen LogP contribution in [0.15, 0.2) is 24.3 Å². The Kier molecular flexibility index (Phi) is 6.06. The fraction of sp³-hybridized carbons (Fsp3) is 0.500. The molecule has 0 aliphatic heterocycles. The van der Waals surface area contributed by atoms with Gasteiger partial charge in [-0.15, -0.1) is 0 Å². The van der Waals surface area contributed by atoms with Crippen molar-refractivity contribution in [3.05, 3.63) is 34.9 Å². The predicted octanol–water partition coefficient (Wildman–Crippen LogP) is 3.43. The van der Waals surface area contributed by atoms with Gasteiger partial charge in [-0.3, -0.25) is 4.79 Å². The summed E-state index contributed by atoms with van der Waals surface area (Å²) in [5.74, 6) is 0.258. The molecule has 1 N–H and O–H groups in total. The third kappa shape index (κ3) is 5.22. The van der Waals surface area contributed by atoms with Crippen molar-refractivity contribution in [1.82, 2.24) is 5.32 Å². The molecular formula is C14H20ClNO. The summed E-state index contributed by atoms with van der Waals surface area (Å²) in [4.78, 5) is 11.7. The van der Waals surface area contributed by atoms with E-state index < -0.39 is 0 Å². The number of nitrogens with one attached hydrogen (secondary N) is 1. The van der Waals surface area contributed by atoms with Crippen molar-refractivity contribution in [1.29, 1.82) is 0 Å². The third-order valence-electron chi connectivity index (χ3n) is 2.77. The Morgan fingerprint density at radius 1 is 1.47 bits per heavy atom. The zero-order chi connectivity index (χ0) is 12.7. The first-order chi connectivity index (χ1) is 8.13. The van der Waals surface area contributed by atoms with Gasteiger partial charge in [-0.2, -0.15) is 0 Å². The summed E-state index contributed by atoms with van der Waals surface area (Å²) in [7, 11) is 0. The van der Waals surface area contributed by atoms with Gasteiger partial charge in [-0.25, -0.2) is 0 Å². The molecular weight excluding hydrogens is 234 g/mol. The molecule has 0 saturated heterocycles. The van der Waals surface area contributed by atoms with Crippen LogP contribution in [0.3, 0.4) is 0 Å². The maximum atomic E-state index is 11.7. The molecule has 1 rings (SSSR count). The van der Waals surface area contributed by atoms with Gasteiger partial charge in [0.05, 0.1) is 0 Å². The standard InChI is InChI=1S/C14H20ClNO/c1-3-5-11(2)14(17)16-9-8-12-6-4-7-13(15)10-12/h4,6-7,10-11H,3,5,8-9H2,1-2H3,(H,16,17). The quantitative estimate of drug-likeness (QED) is 0.827. The molecule has 17 heavy (non-hydrogen) atoms. The lowest BCUT2D eigenvalue weighted by Crippen LogP contribution is -2.30. The zero-order valence-corrected chi connectivity index (χ0v) is 11.3. The highest BCUT2D eigenvalue weighted by Gasteiger charge is 2.10. The second-order valence-electron chi connectivity index (χ2n) is 4.36. The van der Waals surface area contributed by atoms with Crippen LogP contribution in [0.4, 0.5) is 0 Å². The topological polar surface area (TPSA) is 29.1 Å². The Bertz CT molecular complexity index is 365. The minimum Gasteiger partial charge on any atom is -0.356 e. The fourth-order valence-electron chi connectivity index (χ4n) is 1.76. The molecule has 0 heterocycles. The molecule has 0 bridgehead atoms. The second-order valence-corrected chi connectivity index (χ2v) is 4.80. The SMILES string of the molecule is CCCC(C)C(=O)NCCc1cccc(Cl)c1. The number of halogens is 1. The molecule has 1 amide bonds. The predicted molar refractivity (Wildman–Crippen MR) is 72.2 cm³/mol. The molecule has 0 fully saturated rings. The molecule has 0 aliphatic rings. The maximum Gasteiger partial charge on any atom is 0.222 e. The number of carbonyl (C=O) groups excluding carboxylic acids is 1. The average molecular weight is 254 g/mol. The lowest BCUT2D eigenvalue weighted by Gasteiger charge is -2.11. The van der Waals surface area contributed by atoms with Gasteiger partial charge in [0, 0.05) is 17.5 Å². The normalized spacial score (nSPS) is 12.2. The molecule has 0 radical (unpaired) electrons. The third-order valence-corrected chi connectivity index (χ3v) is 3.01. The van der Waals surface area contributed by atoms with Crippen LogP contribution in [0.5, 0.6) is 0 Å². The van der Waals surface area contributed by atoms with E-state index in [-0.39, 0.29) is 11.8 Å². The van der Waals surface area contributed by atoms with Crippen LogP contribution < -0.4 is 5.32 Å². The Labute approximate surface area is 108 Å². The largest absolute Gasteiger partial charge is 0.356 e. The monoisotopic (exact) mass is 253 g/mol. The van der Waals surface area contributed by atoms with E-state index in [0.717, 1.165) is 29.8 Å². The van der Waals surface area contributed by atoms with Crippen molar-refractivity contribution >= 4 is 17.5 Å². The zero-order valence-electron chi connectivity index (χ0n) is 10.5. The summed E-state index contributed by atoms with van der Waals surface area (Å²) in [6.45, 7) is 4.74. The minimum atomic E-state index is 0.111. The summed E-state index contributed by atoms with van der Waals surface area (Å²) in [5.41, 5.74) is 1.15. The van der Waals surface area contributed by atoms with Crippen LogP contribution in [0.25, 0.3) is 0 Å². The number of amides is 1. The van der Waals surface area contributed by atoms with Crippen LogP contribution in [0.1, 0.15) is 32.3 Å². The first-order valence-electron chi connectivity index (χ1n) is 6.15. The van der Waals surface area contributed by atoms with Crippen molar-refractivity contribution in [3.63, 3.8) is 0 Å².